The molecular formula is C29H19Cl3N4O3. The van der Waals surface area contributed by atoms with Crippen molar-refractivity contribution in [3.05, 3.63) is 123 Å². The van der Waals surface area contributed by atoms with Gasteiger partial charge in [-0.1, -0.05) is 53.0 Å². The van der Waals surface area contributed by atoms with Gasteiger partial charge in [0.05, 0.1) is 15.7 Å². The minimum atomic E-state index is -0.691. The fourth-order valence-corrected chi connectivity index (χ4v) is 4.35. The smallest absolute Gasteiger partial charge is 0.283 e. The number of amides is 3. The van der Waals surface area contributed by atoms with Crippen molar-refractivity contribution >= 4 is 81.0 Å². The summed E-state index contributed by atoms with van der Waals surface area (Å²) in [5.74, 6) is -1.64. The molecule has 4 aromatic carbocycles. The molecule has 4 aromatic rings. The molecule has 0 spiro atoms. The predicted molar refractivity (Wildman–Crippen MR) is 156 cm³/mol. The first kappa shape index (κ1) is 26.3. The molecule has 0 saturated heterocycles. The van der Waals surface area contributed by atoms with Gasteiger partial charge in [-0.2, -0.15) is 0 Å². The summed E-state index contributed by atoms with van der Waals surface area (Å²) in [5, 5.41) is 9.23. The van der Waals surface area contributed by atoms with Crippen molar-refractivity contribution in [1.82, 2.24) is 0 Å². The summed E-state index contributed by atoms with van der Waals surface area (Å²) in [6, 6.07) is 27.9. The largest absolute Gasteiger partial charge is 0.356 e. The zero-order valence-electron chi connectivity index (χ0n) is 20.0. The van der Waals surface area contributed by atoms with Gasteiger partial charge in [0.15, 0.2) is 0 Å². The number of carbonyl (C=O) groups excluding carboxylic acids is 3. The molecule has 5 rings (SSSR count). The molecule has 0 saturated carbocycles. The molecule has 0 atom stereocenters. The van der Waals surface area contributed by atoms with E-state index in [9.17, 15) is 14.4 Å². The highest BCUT2D eigenvalue weighted by Gasteiger charge is 2.39. The maximum Gasteiger partial charge on any atom is 0.283 e. The summed E-state index contributed by atoms with van der Waals surface area (Å²) in [6.45, 7) is 0. The molecule has 0 aliphatic carbocycles. The minimum absolute atomic E-state index is 0.0888. The number of rotatable bonds is 7. The average Bonchev–Trinajstić information content (AvgIpc) is 3.15. The summed E-state index contributed by atoms with van der Waals surface area (Å²) >= 11 is 18.2. The molecule has 7 nitrogen and oxygen atoms in total. The summed E-state index contributed by atoms with van der Waals surface area (Å²) in [4.78, 5) is 39.3. The maximum absolute atomic E-state index is 13.0. The summed E-state index contributed by atoms with van der Waals surface area (Å²) in [5.41, 5.74) is 3.51. The molecule has 39 heavy (non-hydrogen) atoms. The normalized spacial score (nSPS) is 13.1. The molecule has 194 valence electrons. The van der Waals surface area contributed by atoms with Gasteiger partial charge in [0, 0.05) is 28.3 Å². The van der Waals surface area contributed by atoms with Crippen LogP contribution in [-0.4, -0.2) is 17.7 Å². The quantitative estimate of drug-likeness (QED) is 0.199. The molecule has 1 aliphatic rings. The fourth-order valence-electron chi connectivity index (χ4n) is 3.85. The minimum Gasteiger partial charge on any atom is -0.356 e. The Balaban J connectivity index is 1.23. The number of hydrogen-bond donors (Lipinski definition) is 3. The van der Waals surface area contributed by atoms with Crippen molar-refractivity contribution in [3.63, 3.8) is 0 Å². The van der Waals surface area contributed by atoms with Crippen LogP contribution in [0.25, 0.3) is 0 Å². The van der Waals surface area contributed by atoms with E-state index in [2.05, 4.69) is 16.0 Å². The first-order chi connectivity index (χ1) is 18.8. The summed E-state index contributed by atoms with van der Waals surface area (Å²) in [6.07, 6.45) is 0. The van der Waals surface area contributed by atoms with Gasteiger partial charge in [0.2, 0.25) is 0 Å². The number of anilines is 5. The Morgan fingerprint density at radius 2 is 1.21 bits per heavy atom. The highest BCUT2D eigenvalue weighted by Crippen LogP contribution is 2.33. The molecule has 0 radical (unpaired) electrons. The summed E-state index contributed by atoms with van der Waals surface area (Å²) in [7, 11) is 0. The topological polar surface area (TPSA) is 90.5 Å². The van der Waals surface area contributed by atoms with Crippen molar-refractivity contribution in [2.24, 2.45) is 0 Å². The van der Waals surface area contributed by atoms with Crippen LogP contribution in [-0.2, 0) is 9.59 Å². The lowest BCUT2D eigenvalue weighted by Crippen LogP contribution is -2.32. The van der Waals surface area contributed by atoms with Gasteiger partial charge in [-0.3, -0.25) is 14.4 Å². The third kappa shape index (κ3) is 5.76. The van der Waals surface area contributed by atoms with Crippen molar-refractivity contribution < 1.29 is 14.4 Å². The van der Waals surface area contributed by atoms with E-state index in [-0.39, 0.29) is 32.4 Å². The van der Waals surface area contributed by atoms with E-state index in [1.165, 1.54) is 18.2 Å². The van der Waals surface area contributed by atoms with E-state index < -0.39 is 11.8 Å². The zero-order valence-corrected chi connectivity index (χ0v) is 22.3. The lowest BCUT2D eigenvalue weighted by Gasteiger charge is -2.15. The second-order valence-electron chi connectivity index (χ2n) is 8.46. The molecule has 3 N–H and O–H groups in total. The molecular weight excluding hydrogens is 559 g/mol. The van der Waals surface area contributed by atoms with Crippen molar-refractivity contribution in [2.75, 3.05) is 20.9 Å². The van der Waals surface area contributed by atoms with Crippen molar-refractivity contribution in [3.8, 4) is 0 Å². The van der Waals surface area contributed by atoms with Gasteiger partial charge in [0.1, 0.15) is 10.7 Å². The number of para-hydroxylation sites is 1. The fraction of sp³-hybridized carbons (Fsp3) is 0. The zero-order chi connectivity index (χ0) is 27.5. The van der Waals surface area contributed by atoms with Crippen LogP contribution in [0, 0.1) is 0 Å². The Morgan fingerprint density at radius 3 is 1.87 bits per heavy atom. The molecule has 1 heterocycles. The Bertz CT molecular complexity index is 1610. The Kier molecular flexibility index (Phi) is 7.56. The number of halogens is 3. The Hall–Kier alpha value is -4.30. The molecule has 0 unspecified atom stereocenters. The van der Waals surface area contributed by atoms with Gasteiger partial charge in [0.25, 0.3) is 17.7 Å². The van der Waals surface area contributed by atoms with E-state index in [0.717, 1.165) is 16.3 Å². The molecule has 1 aliphatic heterocycles. The van der Waals surface area contributed by atoms with Gasteiger partial charge < -0.3 is 16.0 Å². The van der Waals surface area contributed by atoms with Crippen LogP contribution >= 0.6 is 34.8 Å². The average molecular weight is 578 g/mol. The Labute approximate surface area is 239 Å². The van der Waals surface area contributed by atoms with E-state index >= 15 is 0 Å². The number of nitrogens with zero attached hydrogens (tertiary/aromatic N) is 1. The molecule has 3 amide bonds. The van der Waals surface area contributed by atoms with Crippen LogP contribution in [0.5, 0.6) is 0 Å². The first-order valence-corrected chi connectivity index (χ1v) is 12.8. The second kappa shape index (κ2) is 11.2. The van der Waals surface area contributed by atoms with Gasteiger partial charge in [-0.25, -0.2) is 4.90 Å². The third-order valence-corrected chi connectivity index (χ3v) is 6.90. The van der Waals surface area contributed by atoms with Crippen molar-refractivity contribution in [2.45, 2.75) is 0 Å². The number of nitrogens with one attached hydrogen (secondary N) is 3. The van der Waals surface area contributed by atoms with E-state index in [0.29, 0.717) is 16.9 Å². The predicted octanol–water partition coefficient (Wildman–Crippen LogP) is 7.43. The van der Waals surface area contributed by atoms with Crippen LogP contribution in [0.15, 0.2) is 108 Å². The van der Waals surface area contributed by atoms with E-state index in [1.54, 1.807) is 36.4 Å². The number of carbonyl (C=O) groups is 3. The van der Waals surface area contributed by atoms with Crippen LogP contribution < -0.4 is 20.9 Å². The van der Waals surface area contributed by atoms with Crippen LogP contribution in [0.2, 0.25) is 10.0 Å². The van der Waals surface area contributed by atoms with Crippen LogP contribution in [0.1, 0.15) is 10.4 Å². The van der Waals surface area contributed by atoms with Gasteiger partial charge in [-0.05, 0) is 78.9 Å². The highest BCUT2D eigenvalue weighted by atomic mass is 35.5. The number of hydrogen-bond acceptors (Lipinski definition) is 5. The van der Waals surface area contributed by atoms with Crippen molar-refractivity contribution in [1.29, 1.82) is 0 Å². The first-order valence-electron chi connectivity index (χ1n) is 11.6. The summed E-state index contributed by atoms with van der Waals surface area (Å²) < 4.78 is 0. The lowest BCUT2D eigenvalue weighted by atomic mass is 10.1. The van der Waals surface area contributed by atoms with Crippen LogP contribution in [0.3, 0.4) is 0 Å². The second-order valence-corrected chi connectivity index (χ2v) is 9.65. The third-order valence-electron chi connectivity index (χ3n) is 5.81. The SMILES string of the molecule is O=C(Nc1ccc(Nc2ccccc2)cc1)c1ccc(NC2=C(Cl)C(=O)N(c3ccc(Cl)c(Cl)c3)C2=O)cc1. The molecule has 0 bridgehead atoms. The monoisotopic (exact) mass is 576 g/mol. The number of imide groups is 1. The van der Waals surface area contributed by atoms with Gasteiger partial charge in [-0.15, -0.1) is 0 Å². The molecule has 10 heteroatoms. The van der Waals surface area contributed by atoms with E-state index in [4.69, 9.17) is 34.8 Å². The van der Waals surface area contributed by atoms with Gasteiger partial charge >= 0.3 is 0 Å². The standard InChI is InChI=1S/C29H19Cl3N4O3/c30-23-15-14-22(16-24(23)31)36-28(38)25(32)26(29(36)39)34-20-8-6-17(7-9-20)27(37)35-21-12-10-19(11-13-21)33-18-4-2-1-3-5-18/h1-16,33-34H,(H,35,37). The maximum atomic E-state index is 13.0. The number of benzene rings is 4. The highest BCUT2D eigenvalue weighted by molar-refractivity contribution is 6.53. The molecule has 0 aromatic heterocycles. The Morgan fingerprint density at radius 1 is 0.615 bits per heavy atom. The molecule has 0 fully saturated rings. The van der Waals surface area contributed by atoms with Crippen LogP contribution in [0.4, 0.5) is 28.4 Å². The lowest BCUT2D eigenvalue weighted by molar-refractivity contribution is -0.120. The van der Waals surface area contributed by atoms with E-state index in [1.807, 2.05) is 42.5 Å².